The van der Waals surface area contributed by atoms with Gasteiger partial charge in [-0.15, -0.1) is 5.10 Å². The zero-order valence-electron chi connectivity index (χ0n) is 13.1. The van der Waals surface area contributed by atoms with Gasteiger partial charge in [-0.3, -0.25) is 0 Å². The minimum Gasteiger partial charge on any atom is -0.218 e. The van der Waals surface area contributed by atoms with Crippen molar-refractivity contribution in [1.29, 1.82) is 0 Å². The lowest BCUT2D eigenvalue weighted by atomic mass is 10.1. The lowest BCUT2D eigenvalue weighted by molar-refractivity contribution is 0.477. The van der Waals surface area contributed by atoms with Crippen LogP contribution in [-0.4, -0.2) is 39.8 Å². The summed E-state index contributed by atoms with van der Waals surface area (Å²) in [7, 11) is 0. The van der Waals surface area contributed by atoms with Crippen LogP contribution in [0.25, 0.3) is 17.0 Å². The summed E-state index contributed by atoms with van der Waals surface area (Å²) in [5, 5.41) is 17.7. The van der Waals surface area contributed by atoms with E-state index in [4.69, 9.17) is 0 Å². The van der Waals surface area contributed by atoms with Crippen molar-refractivity contribution < 1.29 is 0 Å². The molecule has 4 aromatic rings. The van der Waals surface area contributed by atoms with Crippen LogP contribution in [0.15, 0.2) is 52.9 Å². The van der Waals surface area contributed by atoms with E-state index in [1.165, 1.54) is 18.1 Å². The molecular formula is C15H14N8S. The first-order valence-electron chi connectivity index (χ1n) is 7.44. The molecule has 0 amide bonds. The topological polar surface area (TPSA) is 86.7 Å². The number of nitrogens with zero attached hydrogens (tertiary/aromatic N) is 8. The third kappa shape index (κ3) is 2.62. The van der Waals surface area contributed by atoms with Gasteiger partial charge in [-0.25, -0.2) is 9.67 Å². The molecule has 0 unspecified atom stereocenters. The second-order valence-corrected chi connectivity index (χ2v) is 6.41. The minimum absolute atomic E-state index is 0.171. The van der Waals surface area contributed by atoms with Crippen LogP contribution < -0.4 is 0 Å². The third-order valence-electron chi connectivity index (χ3n) is 3.44. The summed E-state index contributed by atoms with van der Waals surface area (Å²) < 4.78 is 3.46. The Kier molecular flexibility index (Phi) is 3.69. The number of fused-ring (bicyclic) bond motifs is 1. The molecule has 0 saturated carbocycles. The maximum Gasteiger partial charge on any atom is 0.253 e. The van der Waals surface area contributed by atoms with Gasteiger partial charge in [0.05, 0.1) is 11.7 Å². The molecule has 0 spiro atoms. The molecule has 0 saturated heterocycles. The van der Waals surface area contributed by atoms with E-state index in [9.17, 15) is 0 Å². The van der Waals surface area contributed by atoms with Crippen LogP contribution in [0.2, 0.25) is 0 Å². The molecule has 0 aliphatic rings. The van der Waals surface area contributed by atoms with Gasteiger partial charge in [-0.2, -0.15) is 14.6 Å². The summed E-state index contributed by atoms with van der Waals surface area (Å²) >= 11 is 1.44. The van der Waals surface area contributed by atoms with Crippen LogP contribution in [0.1, 0.15) is 19.9 Å². The fourth-order valence-electron chi connectivity index (χ4n) is 2.29. The molecule has 3 aromatic heterocycles. The van der Waals surface area contributed by atoms with E-state index in [2.05, 4.69) is 30.6 Å². The first-order chi connectivity index (χ1) is 11.7. The Hall–Kier alpha value is -2.81. The predicted molar refractivity (Wildman–Crippen MR) is 88.5 cm³/mol. The Labute approximate surface area is 141 Å². The third-order valence-corrected chi connectivity index (χ3v) is 4.39. The summed E-state index contributed by atoms with van der Waals surface area (Å²) in [6.07, 6.45) is 1.49. The average Bonchev–Trinajstić information content (AvgIpc) is 3.24. The Morgan fingerprint density at radius 3 is 2.75 bits per heavy atom. The highest BCUT2D eigenvalue weighted by atomic mass is 32.2. The van der Waals surface area contributed by atoms with Crippen LogP contribution in [0.4, 0.5) is 0 Å². The first-order valence-corrected chi connectivity index (χ1v) is 8.26. The zero-order valence-corrected chi connectivity index (χ0v) is 13.9. The van der Waals surface area contributed by atoms with E-state index in [0.29, 0.717) is 10.9 Å². The van der Waals surface area contributed by atoms with Gasteiger partial charge in [0.1, 0.15) is 11.4 Å². The van der Waals surface area contributed by atoms with E-state index in [1.807, 2.05) is 50.2 Å². The normalized spacial score (nSPS) is 11.5. The molecule has 1 aromatic carbocycles. The molecule has 0 aliphatic carbocycles. The van der Waals surface area contributed by atoms with Gasteiger partial charge in [0.15, 0.2) is 0 Å². The summed E-state index contributed by atoms with van der Waals surface area (Å²) in [6.45, 7) is 4.07. The largest absolute Gasteiger partial charge is 0.253 e. The molecule has 24 heavy (non-hydrogen) atoms. The number of aromatic nitrogens is 8. The molecular weight excluding hydrogens is 324 g/mol. The van der Waals surface area contributed by atoms with Gasteiger partial charge in [0.2, 0.25) is 5.16 Å². The van der Waals surface area contributed by atoms with Gasteiger partial charge in [0, 0.05) is 5.56 Å². The fraction of sp³-hybridized carbons (Fsp3) is 0.200. The molecule has 8 nitrogen and oxygen atoms in total. The summed E-state index contributed by atoms with van der Waals surface area (Å²) in [4.78, 5) is 8.79. The van der Waals surface area contributed by atoms with Crippen molar-refractivity contribution in [3.63, 3.8) is 0 Å². The van der Waals surface area contributed by atoms with Crippen LogP contribution in [-0.2, 0) is 0 Å². The molecule has 0 N–H and O–H groups in total. The van der Waals surface area contributed by atoms with Crippen molar-refractivity contribution in [3.8, 4) is 11.3 Å². The number of tetrazole rings is 1. The van der Waals surface area contributed by atoms with Crippen molar-refractivity contribution in [2.45, 2.75) is 30.1 Å². The standard InChI is InChI=1S/C15H14N8S/c1-10(2)22-15(19-20-21-22)24-13-8-12(11-6-4-3-5-7-11)18-14-16-9-17-23(13)14/h3-10H,1-2H3. The van der Waals surface area contributed by atoms with Gasteiger partial charge < -0.3 is 0 Å². The molecule has 0 radical (unpaired) electrons. The van der Waals surface area contributed by atoms with Crippen molar-refractivity contribution >= 4 is 17.5 Å². The molecule has 3 heterocycles. The van der Waals surface area contributed by atoms with Gasteiger partial charge in [0.25, 0.3) is 5.78 Å². The van der Waals surface area contributed by atoms with Crippen molar-refractivity contribution in [1.82, 2.24) is 39.8 Å². The van der Waals surface area contributed by atoms with Gasteiger partial charge in [-0.05, 0) is 42.1 Å². The molecule has 0 aliphatic heterocycles. The minimum atomic E-state index is 0.171. The lowest BCUT2D eigenvalue weighted by Crippen LogP contribution is -2.05. The van der Waals surface area contributed by atoms with Crippen LogP contribution in [0.3, 0.4) is 0 Å². The first kappa shape index (κ1) is 14.8. The Morgan fingerprint density at radius 2 is 1.96 bits per heavy atom. The van der Waals surface area contributed by atoms with Crippen LogP contribution in [0.5, 0.6) is 0 Å². The van der Waals surface area contributed by atoms with Crippen molar-refractivity contribution in [3.05, 3.63) is 42.7 Å². The molecule has 9 heteroatoms. The number of hydrogen-bond donors (Lipinski definition) is 0. The SMILES string of the molecule is CC(C)n1nnnc1Sc1cc(-c2ccccc2)nc2ncnn12. The highest BCUT2D eigenvalue weighted by Gasteiger charge is 2.15. The smallest absolute Gasteiger partial charge is 0.218 e. The second-order valence-electron chi connectivity index (χ2n) is 5.42. The Bertz CT molecular complexity index is 975. The molecule has 0 atom stereocenters. The predicted octanol–water partition coefficient (Wildman–Crippen LogP) is 2.51. The highest BCUT2D eigenvalue weighted by molar-refractivity contribution is 7.99. The average molecular weight is 338 g/mol. The summed E-state index contributed by atoms with van der Waals surface area (Å²) in [6, 6.07) is 12.1. The number of rotatable bonds is 4. The van der Waals surface area contributed by atoms with Crippen LogP contribution in [0, 0.1) is 0 Å². The summed E-state index contributed by atoms with van der Waals surface area (Å²) in [5.41, 5.74) is 1.86. The maximum absolute atomic E-state index is 4.57. The molecule has 4 rings (SSSR count). The number of hydrogen-bond acceptors (Lipinski definition) is 7. The second kappa shape index (κ2) is 6.00. The van der Waals surface area contributed by atoms with E-state index < -0.39 is 0 Å². The van der Waals surface area contributed by atoms with Gasteiger partial charge in [-0.1, -0.05) is 30.3 Å². The van der Waals surface area contributed by atoms with E-state index in [0.717, 1.165) is 16.3 Å². The lowest BCUT2D eigenvalue weighted by Gasteiger charge is -2.09. The monoisotopic (exact) mass is 338 g/mol. The Morgan fingerprint density at radius 1 is 1.12 bits per heavy atom. The van der Waals surface area contributed by atoms with E-state index in [1.54, 1.807) is 9.20 Å². The molecule has 0 fully saturated rings. The van der Waals surface area contributed by atoms with Crippen LogP contribution >= 0.6 is 11.8 Å². The summed E-state index contributed by atoms with van der Waals surface area (Å²) in [5.74, 6) is 0.544. The highest BCUT2D eigenvalue weighted by Crippen LogP contribution is 2.29. The quantitative estimate of drug-likeness (QED) is 0.528. The van der Waals surface area contributed by atoms with E-state index in [-0.39, 0.29) is 6.04 Å². The zero-order chi connectivity index (χ0) is 16.5. The van der Waals surface area contributed by atoms with Crippen molar-refractivity contribution in [2.24, 2.45) is 0 Å². The number of benzene rings is 1. The van der Waals surface area contributed by atoms with Gasteiger partial charge >= 0.3 is 0 Å². The van der Waals surface area contributed by atoms with E-state index >= 15 is 0 Å². The molecule has 0 bridgehead atoms. The maximum atomic E-state index is 4.57. The molecule has 120 valence electrons. The Balaban J connectivity index is 1.82. The fourth-order valence-corrected chi connectivity index (χ4v) is 3.28. The van der Waals surface area contributed by atoms with Crippen molar-refractivity contribution in [2.75, 3.05) is 0 Å².